The first-order valence-electron chi connectivity index (χ1n) is 8.09. The van der Waals surface area contributed by atoms with Crippen molar-refractivity contribution in [2.75, 3.05) is 31.4 Å². The Kier molecular flexibility index (Phi) is 16.3. The molecule has 0 radical (unpaired) electrons. The van der Waals surface area contributed by atoms with Crippen molar-refractivity contribution in [3.63, 3.8) is 0 Å². The van der Waals surface area contributed by atoms with Crippen molar-refractivity contribution < 1.29 is 19.0 Å². The monoisotopic (exact) mass is 378 g/mol. The minimum absolute atomic E-state index is 0.0221. The van der Waals surface area contributed by atoms with Gasteiger partial charge in [-0.25, -0.2) is 4.79 Å². The molecule has 0 spiro atoms. The minimum atomic E-state index is -0.598. The molecule has 0 aromatic heterocycles. The van der Waals surface area contributed by atoms with E-state index in [4.69, 9.17) is 5.73 Å². The number of carbonyl (C=O) groups excluding carboxylic acids is 3. The molecule has 24 heavy (non-hydrogen) atoms. The topological polar surface area (TPSA) is 92.3 Å². The van der Waals surface area contributed by atoms with Crippen molar-refractivity contribution in [2.24, 2.45) is 5.73 Å². The first-order valence-corrected chi connectivity index (χ1v) is 10.5. The lowest BCUT2D eigenvalue weighted by Crippen LogP contribution is -2.36. The van der Waals surface area contributed by atoms with Gasteiger partial charge in [0.1, 0.15) is 12.8 Å². The van der Waals surface area contributed by atoms with E-state index in [0.717, 1.165) is 0 Å². The zero-order valence-corrected chi connectivity index (χ0v) is 17.3. The van der Waals surface area contributed by atoms with Crippen molar-refractivity contribution in [1.29, 1.82) is 0 Å². The van der Waals surface area contributed by atoms with E-state index >= 15 is 0 Å². The summed E-state index contributed by atoms with van der Waals surface area (Å²) < 4.78 is 1.31. The molecule has 0 aliphatic heterocycles. The van der Waals surface area contributed by atoms with Gasteiger partial charge in [0.05, 0.1) is 5.75 Å². The second kappa shape index (κ2) is 15.5. The van der Waals surface area contributed by atoms with Crippen LogP contribution in [-0.4, -0.2) is 64.6 Å². The van der Waals surface area contributed by atoms with Crippen LogP contribution in [0.25, 0.3) is 0 Å². The number of nitrogens with one attached hydrogen (secondary N) is 1. The highest BCUT2D eigenvalue weighted by atomic mass is 32.2. The third-order valence-electron chi connectivity index (χ3n) is 2.79. The van der Waals surface area contributed by atoms with E-state index in [2.05, 4.69) is 5.32 Å². The third kappa shape index (κ3) is 12.4. The zero-order valence-electron chi connectivity index (χ0n) is 15.7. The third-order valence-corrected chi connectivity index (χ3v) is 4.42. The van der Waals surface area contributed by atoms with Crippen molar-refractivity contribution in [1.82, 2.24) is 5.32 Å². The van der Waals surface area contributed by atoms with Gasteiger partial charge in [-0.1, -0.05) is 27.7 Å². The lowest BCUT2D eigenvalue weighted by Gasteiger charge is -2.06. The van der Waals surface area contributed by atoms with Crippen LogP contribution in [0.5, 0.6) is 0 Å². The molecule has 0 fully saturated rings. The molecule has 3 amide bonds. The number of nitrogens with two attached hydrogens (primary N) is 1. The van der Waals surface area contributed by atoms with Gasteiger partial charge in [0.15, 0.2) is 0 Å². The molecule has 140 valence electrons. The van der Waals surface area contributed by atoms with E-state index in [1.165, 1.54) is 16.3 Å². The maximum atomic E-state index is 11.8. The maximum Gasteiger partial charge on any atom is 0.396 e. The van der Waals surface area contributed by atoms with Gasteiger partial charge < -0.3 is 11.1 Å². The fourth-order valence-electron chi connectivity index (χ4n) is 1.60. The first-order chi connectivity index (χ1) is 11.3. The molecule has 0 heterocycles. The molecular formula is C16H32N3O3S2+. The Morgan fingerprint density at radius 2 is 1.75 bits per heavy atom. The van der Waals surface area contributed by atoms with Gasteiger partial charge >= 0.3 is 11.8 Å². The molecule has 0 aliphatic rings. The van der Waals surface area contributed by atoms with Gasteiger partial charge in [-0.3, -0.25) is 9.59 Å². The van der Waals surface area contributed by atoms with Gasteiger partial charge in [0.2, 0.25) is 11.6 Å². The molecule has 0 aromatic carbocycles. The van der Waals surface area contributed by atoms with E-state index in [1.54, 1.807) is 18.8 Å². The molecule has 0 bridgehead atoms. The summed E-state index contributed by atoms with van der Waals surface area (Å²) in [7, 11) is 1.55. The lowest BCUT2D eigenvalue weighted by atomic mass is 10.2. The Balaban J connectivity index is 0. The fourth-order valence-corrected chi connectivity index (χ4v) is 2.63. The smallest absolute Gasteiger partial charge is 0.361 e. The Morgan fingerprint density at radius 3 is 2.21 bits per heavy atom. The SMILES string of the molecule is CC.CSCC(=O)[N+](C)=C(CCCNC(=O)CSC(C)C)C(N)=O. The van der Waals surface area contributed by atoms with Gasteiger partial charge in [0, 0.05) is 13.0 Å². The molecular weight excluding hydrogens is 346 g/mol. The van der Waals surface area contributed by atoms with E-state index in [-0.39, 0.29) is 17.5 Å². The summed E-state index contributed by atoms with van der Waals surface area (Å²) >= 11 is 2.97. The number of rotatable bonds is 10. The molecule has 8 heteroatoms. The molecule has 0 atom stereocenters. The van der Waals surface area contributed by atoms with E-state index in [0.29, 0.717) is 36.1 Å². The number of amides is 3. The number of primary amides is 1. The highest BCUT2D eigenvalue weighted by Gasteiger charge is 2.23. The van der Waals surface area contributed by atoms with Crippen LogP contribution >= 0.6 is 23.5 Å². The summed E-state index contributed by atoms with van der Waals surface area (Å²) in [4.78, 5) is 34.8. The molecule has 3 N–H and O–H groups in total. The van der Waals surface area contributed by atoms with Crippen molar-refractivity contribution in [3.05, 3.63) is 0 Å². The number of hydrogen-bond acceptors (Lipinski definition) is 5. The van der Waals surface area contributed by atoms with Crippen LogP contribution in [0, 0.1) is 0 Å². The molecule has 0 rings (SSSR count). The zero-order chi connectivity index (χ0) is 19.1. The van der Waals surface area contributed by atoms with Crippen LogP contribution in [0.2, 0.25) is 0 Å². The number of nitrogens with zero attached hydrogens (tertiary/aromatic N) is 1. The summed E-state index contributed by atoms with van der Waals surface area (Å²) in [6, 6.07) is 0. The van der Waals surface area contributed by atoms with Crippen molar-refractivity contribution in [3.8, 4) is 0 Å². The van der Waals surface area contributed by atoms with Crippen LogP contribution in [-0.2, 0) is 14.4 Å². The van der Waals surface area contributed by atoms with Gasteiger partial charge in [-0.2, -0.15) is 16.3 Å². The predicted molar refractivity (Wildman–Crippen MR) is 105 cm³/mol. The largest absolute Gasteiger partial charge is 0.396 e. The highest BCUT2D eigenvalue weighted by Crippen LogP contribution is 2.07. The summed E-state index contributed by atoms with van der Waals surface area (Å²) in [5, 5.41) is 3.21. The summed E-state index contributed by atoms with van der Waals surface area (Å²) in [6.07, 6.45) is 2.75. The first kappa shape index (κ1) is 25.2. The van der Waals surface area contributed by atoms with Crippen LogP contribution in [0.4, 0.5) is 0 Å². The quantitative estimate of drug-likeness (QED) is 0.341. The normalized spacial score (nSPS) is 11.3. The molecule has 6 nitrogen and oxygen atoms in total. The van der Waals surface area contributed by atoms with Gasteiger partial charge in [-0.15, -0.1) is 11.8 Å². The summed E-state index contributed by atoms with van der Waals surface area (Å²) in [6.45, 7) is 8.53. The van der Waals surface area contributed by atoms with E-state index < -0.39 is 5.91 Å². The molecule has 0 aliphatic carbocycles. The summed E-state index contributed by atoms with van der Waals surface area (Å²) in [5.74, 6) is -0.0458. The molecule has 0 aromatic rings. The second-order valence-corrected chi connectivity index (χ2v) is 7.44. The maximum absolute atomic E-state index is 11.8. The Hall–Kier alpha value is -1.02. The molecule has 0 saturated carbocycles. The summed E-state index contributed by atoms with van der Waals surface area (Å²) in [5.41, 5.74) is 5.61. The van der Waals surface area contributed by atoms with Gasteiger partial charge in [0.25, 0.3) is 0 Å². The number of hydrogen-bond donors (Lipinski definition) is 2. The van der Waals surface area contributed by atoms with Crippen LogP contribution in [0.15, 0.2) is 0 Å². The Labute approximate surface area is 154 Å². The number of thioether (sulfide) groups is 2. The molecule has 0 unspecified atom stereocenters. The molecule has 0 saturated heterocycles. The van der Waals surface area contributed by atoms with Crippen LogP contribution in [0.1, 0.15) is 40.5 Å². The van der Waals surface area contributed by atoms with E-state index in [1.807, 2.05) is 34.0 Å². The highest BCUT2D eigenvalue weighted by molar-refractivity contribution is 8.00. The Morgan fingerprint density at radius 1 is 1.17 bits per heavy atom. The van der Waals surface area contributed by atoms with Crippen LogP contribution < -0.4 is 11.1 Å². The average Bonchev–Trinajstić information content (AvgIpc) is 2.54. The lowest BCUT2D eigenvalue weighted by molar-refractivity contribution is -0.416. The average molecular weight is 379 g/mol. The van der Waals surface area contributed by atoms with Crippen LogP contribution in [0.3, 0.4) is 0 Å². The fraction of sp³-hybridized carbons (Fsp3) is 0.750. The van der Waals surface area contributed by atoms with Crippen molar-refractivity contribution >= 4 is 47.0 Å². The number of carbonyl (C=O) groups is 3. The van der Waals surface area contributed by atoms with E-state index in [9.17, 15) is 14.4 Å². The Bertz CT molecular complexity index is 438. The van der Waals surface area contributed by atoms with Crippen molar-refractivity contribution in [2.45, 2.75) is 45.8 Å². The predicted octanol–water partition coefficient (Wildman–Crippen LogP) is 1.51. The second-order valence-electron chi connectivity index (χ2n) is 5.01. The standard InChI is InChI=1S/C14H25N3O3S2.C2H6/c1-10(2)22-8-12(18)16-7-5-6-11(14(15)20)17(3)13(19)9-21-4;1-2/h10H,5-9H2,1-4H3,(H2-,15,16,18,20);1-2H3/p+1. The minimum Gasteiger partial charge on any atom is -0.361 e. The van der Waals surface area contributed by atoms with Gasteiger partial charge in [-0.05, 0) is 17.9 Å².